The summed E-state index contributed by atoms with van der Waals surface area (Å²) >= 11 is 0. The number of carbonyl (C=O) groups is 1. The molecule has 6 heteroatoms. The first-order valence-corrected chi connectivity index (χ1v) is 16.2. The number of pyridine rings is 1. The predicted molar refractivity (Wildman–Crippen MR) is 173 cm³/mol. The van der Waals surface area contributed by atoms with E-state index in [1.165, 1.54) is 29.7 Å². The number of benzene rings is 2. The van der Waals surface area contributed by atoms with Crippen molar-refractivity contribution >= 4 is 17.3 Å². The fourth-order valence-corrected chi connectivity index (χ4v) is 9.14. The van der Waals surface area contributed by atoms with Crippen LogP contribution in [0.2, 0.25) is 0 Å². The number of nitrogens with zero attached hydrogens (tertiary/aromatic N) is 4. The van der Waals surface area contributed by atoms with Gasteiger partial charge in [-0.2, -0.15) is 0 Å². The normalized spacial score (nSPS) is 28.0. The van der Waals surface area contributed by atoms with Gasteiger partial charge >= 0.3 is 0 Å². The Balaban J connectivity index is 1.08. The molecule has 4 unspecified atom stereocenters. The van der Waals surface area contributed by atoms with Crippen molar-refractivity contribution in [2.45, 2.75) is 88.8 Å². The standard InChI is InChI=1S/C37H45N5O/c1-25-14-19-39-26(2)33(25)35(43)41-20-16-36(17-21-41,29-9-5-4-6-10-29)18-22-42-30-13-15-37(42,38)24-28(23-30)34-27(3)40-32-12-8-7-11-31(32)34/h4-12,14,19,28,30,34H,13,15-18,20-24,38H2,1-3H3. The topological polar surface area (TPSA) is 74.8 Å². The molecule has 4 aliphatic heterocycles. The first kappa shape index (κ1) is 28.4. The van der Waals surface area contributed by atoms with Crippen molar-refractivity contribution in [1.82, 2.24) is 14.8 Å². The fraction of sp³-hybridized carbons (Fsp3) is 0.486. The molecule has 4 aliphatic rings. The summed E-state index contributed by atoms with van der Waals surface area (Å²) in [7, 11) is 0. The third kappa shape index (κ3) is 4.93. The van der Waals surface area contributed by atoms with Crippen molar-refractivity contribution < 1.29 is 4.79 Å². The van der Waals surface area contributed by atoms with Crippen LogP contribution in [0, 0.1) is 19.8 Å². The van der Waals surface area contributed by atoms with E-state index in [1.807, 2.05) is 19.9 Å². The average Bonchev–Trinajstić information content (AvgIpc) is 3.44. The Morgan fingerprint density at radius 1 is 0.977 bits per heavy atom. The lowest BCUT2D eigenvalue weighted by molar-refractivity contribution is 0.0156. The van der Waals surface area contributed by atoms with E-state index in [2.05, 4.69) is 76.3 Å². The van der Waals surface area contributed by atoms with Crippen molar-refractivity contribution in [2.75, 3.05) is 19.6 Å². The van der Waals surface area contributed by atoms with E-state index in [0.717, 1.165) is 74.2 Å². The number of para-hydroxylation sites is 1. The number of carbonyl (C=O) groups excluding carboxylic acids is 1. The largest absolute Gasteiger partial charge is 0.339 e. The van der Waals surface area contributed by atoms with Crippen LogP contribution < -0.4 is 5.73 Å². The Hall–Kier alpha value is -3.35. The van der Waals surface area contributed by atoms with Gasteiger partial charge in [-0.25, -0.2) is 0 Å². The number of rotatable bonds is 6. The molecule has 0 saturated carbocycles. The summed E-state index contributed by atoms with van der Waals surface area (Å²) in [6.45, 7) is 8.70. The minimum Gasteiger partial charge on any atom is -0.339 e. The molecule has 4 atom stereocenters. The second-order valence-electron chi connectivity index (χ2n) is 13.8. The summed E-state index contributed by atoms with van der Waals surface area (Å²) in [4.78, 5) is 27.7. The summed E-state index contributed by atoms with van der Waals surface area (Å²) in [6.07, 6.45) is 9.26. The quantitative estimate of drug-likeness (QED) is 0.356. The van der Waals surface area contributed by atoms with Gasteiger partial charge in [0.15, 0.2) is 0 Å². The Bertz CT molecular complexity index is 1520. The van der Waals surface area contributed by atoms with Crippen LogP contribution in [0.5, 0.6) is 0 Å². The summed E-state index contributed by atoms with van der Waals surface area (Å²) in [5.74, 6) is 1.06. The Labute approximate surface area is 256 Å². The second-order valence-corrected chi connectivity index (χ2v) is 13.8. The average molecular weight is 576 g/mol. The fourth-order valence-electron chi connectivity index (χ4n) is 9.14. The van der Waals surface area contributed by atoms with E-state index < -0.39 is 0 Å². The van der Waals surface area contributed by atoms with Crippen LogP contribution in [0.4, 0.5) is 5.69 Å². The predicted octanol–water partition coefficient (Wildman–Crippen LogP) is 6.68. The minimum absolute atomic E-state index is 0.0390. The first-order chi connectivity index (χ1) is 20.8. The van der Waals surface area contributed by atoms with Crippen molar-refractivity contribution in [3.05, 3.63) is 94.8 Å². The number of hydrogen-bond donors (Lipinski definition) is 1. The van der Waals surface area contributed by atoms with Gasteiger partial charge in [0.1, 0.15) is 0 Å². The third-order valence-corrected chi connectivity index (χ3v) is 11.4. The number of fused-ring (bicyclic) bond motifs is 3. The van der Waals surface area contributed by atoms with Crippen LogP contribution in [0.25, 0.3) is 0 Å². The van der Waals surface area contributed by atoms with Crippen LogP contribution in [0.1, 0.15) is 90.5 Å². The Kier molecular flexibility index (Phi) is 7.26. The molecule has 224 valence electrons. The zero-order chi connectivity index (χ0) is 29.8. The highest BCUT2D eigenvalue weighted by molar-refractivity contribution is 5.97. The van der Waals surface area contributed by atoms with Gasteiger partial charge < -0.3 is 10.6 Å². The van der Waals surface area contributed by atoms with Gasteiger partial charge in [0.25, 0.3) is 5.91 Å². The van der Waals surface area contributed by atoms with Crippen LogP contribution in [0.15, 0.2) is 71.9 Å². The lowest BCUT2D eigenvalue weighted by Crippen LogP contribution is -2.60. The molecular formula is C37H45N5O. The highest BCUT2D eigenvalue weighted by Crippen LogP contribution is 2.52. The molecule has 0 radical (unpaired) electrons. The molecule has 6 nitrogen and oxygen atoms in total. The summed E-state index contributed by atoms with van der Waals surface area (Å²) in [5.41, 5.74) is 14.9. The number of hydrogen-bond acceptors (Lipinski definition) is 5. The van der Waals surface area contributed by atoms with Gasteiger partial charge in [-0.15, -0.1) is 0 Å². The smallest absolute Gasteiger partial charge is 0.255 e. The molecule has 7 rings (SSSR count). The minimum atomic E-state index is -0.255. The van der Waals surface area contributed by atoms with Crippen LogP contribution >= 0.6 is 0 Å². The van der Waals surface area contributed by atoms with Gasteiger partial charge in [-0.3, -0.25) is 19.7 Å². The van der Waals surface area contributed by atoms with Crippen LogP contribution in [-0.4, -0.2) is 57.7 Å². The molecule has 1 aromatic heterocycles. The van der Waals surface area contributed by atoms with Gasteiger partial charge in [0.05, 0.1) is 22.6 Å². The van der Waals surface area contributed by atoms with Gasteiger partial charge in [-0.05, 0) is 106 Å². The van der Waals surface area contributed by atoms with E-state index in [9.17, 15) is 4.79 Å². The second kappa shape index (κ2) is 11.0. The summed E-state index contributed by atoms with van der Waals surface area (Å²) < 4.78 is 0. The molecule has 1 amide bonds. The maximum absolute atomic E-state index is 13.6. The van der Waals surface area contributed by atoms with Gasteiger partial charge in [-0.1, -0.05) is 48.5 Å². The molecule has 2 aromatic carbocycles. The molecule has 2 bridgehead atoms. The van der Waals surface area contributed by atoms with Crippen LogP contribution in [-0.2, 0) is 5.41 Å². The number of nitrogens with two attached hydrogens (primary N) is 1. The van der Waals surface area contributed by atoms with Crippen molar-refractivity contribution in [2.24, 2.45) is 16.6 Å². The van der Waals surface area contributed by atoms with Crippen LogP contribution in [0.3, 0.4) is 0 Å². The molecule has 5 heterocycles. The number of likely N-dealkylation sites (tertiary alicyclic amines) is 1. The summed E-state index contributed by atoms with van der Waals surface area (Å²) in [5, 5.41) is 0. The number of piperidine rings is 2. The zero-order valence-corrected chi connectivity index (χ0v) is 25.9. The third-order valence-electron chi connectivity index (χ3n) is 11.4. The van der Waals surface area contributed by atoms with Gasteiger partial charge in [0, 0.05) is 43.5 Å². The Morgan fingerprint density at radius 2 is 1.72 bits per heavy atom. The lowest BCUT2D eigenvalue weighted by atomic mass is 9.69. The monoisotopic (exact) mass is 575 g/mol. The maximum atomic E-state index is 13.6. The molecule has 3 saturated heterocycles. The highest BCUT2D eigenvalue weighted by atomic mass is 16.2. The zero-order valence-electron chi connectivity index (χ0n) is 25.9. The molecule has 0 spiro atoms. The van der Waals surface area contributed by atoms with E-state index >= 15 is 0 Å². The first-order valence-electron chi connectivity index (χ1n) is 16.2. The lowest BCUT2D eigenvalue weighted by Gasteiger charge is -2.49. The molecule has 2 N–H and O–H groups in total. The number of amides is 1. The number of aryl methyl sites for hydroxylation is 2. The van der Waals surface area contributed by atoms with Crippen molar-refractivity contribution in [1.29, 1.82) is 0 Å². The van der Waals surface area contributed by atoms with Crippen molar-refractivity contribution in [3.8, 4) is 0 Å². The summed E-state index contributed by atoms with van der Waals surface area (Å²) in [6, 6.07) is 22.2. The van der Waals surface area contributed by atoms with E-state index in [4.69, 9.17) is 10.7 Å². The van der Waals surface area contributed by atoms with E-state index in [1.54, 1.807) is 6.20 Å². The molecule has 0 aliphatic carbocycles. The molecule has 3 fully saturated rings. The highest BCUT2D eigenvalue weighted by Gasteiger charge is 2.52. The SMILES string of the molecule is CC1=Nc2ccccc2C1C1CC2CCC(N)(C1)N2CCC1(c2ccccc2)CCN(C(=O)c2c(C)ccnc2C)CC1. The number of aliphatic imine (C=N–C) groups is 1. The molecule has 43 heavy (non-hydrogen) atoms. The molecular weight excluding hydrogens is 530 g/mol. The van der Waals surface area contributed by atoms with Crippen molar-refractivity contribution in [3.63, 3.8) is 0 Å². The van der Waals surface area contributed by atoms with Gasteiger partial charge in [0.2, 0.25) is 0 Å². The molecule has 3 aromatic rings. The number of aromatic nitrogens is 1. The van der Waals surface area contributed by atoms with E-state index in [-0.39, 0.29) is 17.0 Å². The maximum Gasteiger partial charge on any atom is 0.255 e. The Morgan fingerprint density at radius 3 is 2.47 bits per heavy atom. The van der Waals surface area contributed by atoms with E-state index in [0.29, 0.717) is 17.9 Å².